The number of amides is 2. The lowest BCUT2D eigenvalue weighted by atomic mass is 10.2. The van der Waals surface area contributed by atoms with Gasteiger partial charge in [-0.1, -0.05) is 12.1 Å². The van der Waals surface area contributed by atoms with E-state index in [1.54, 1.807) is 17.5 Å². The van der Waals surface area contributed by atoms with Gasteiger partial charge >= 0.3 is 0 Å². The van der Waals surface area contributed by atoms with Crippen molar-refractivity contribution in [2.24, 2.45) is 0 Å². The molecule has 0 saturated heterocycles. The van der Waals surface area contributed by atoms with Crippen LogP contribution in [0.5, 0.6) is 5.75 Å². The molecule has 2 aromatic rings. The molecule has 1 heterocycles. The third kappa shape index (κ3) is 4.87. The van der Waals surface area contributed by atoms with Crippen molar-refractivity contribution >= 4 is 39.1 Å². The van der Waals surface area contributed by atoms with Gasteiger partial charge in [0.05, 0.1) is 9.35 Å². The minimum absolute atomic E-state index is 0.170. The van der Waals surface area contributed by atoms with Crippen LogP contribution in [0.25, 0.3) is 0 Å². The van der Waals surface area contributed by atoms with Gasteiger partial charge in [-0.2, -0.15) is 0 Å². The number of nitrogens with one attached hydrogen (secondary N) is 2. The summed E-state index contributed by atoms with van der Waals surface area (Å²) in [5, 5.41) is 1.69. The molecule has 0 bridgehead atoms. The number of ether oxygens (including phenoxy) is 1. The number of hydrogen-bond acceptors (Lipinski definition) is 4. The van der Waals surface area contributed by atoms with Crippen molar-refractivity contribution in [2.45, 2.75) is 6.92 Å². The molecule has 110 valence electrons. The predicted molar refractivity (Wildman–Crippen MR) is 84.3 cm³/mol. The Kier molecular flexibility index (Phi) is 5.35. The van der Waals surface area contributed by atoms with Crippen LogP contribution in [0.15, 0.2) is 39.5 Å². The number of rotatable bonds is 4. The van der Waals surface area contributed by atoms with E-state index in [1.165, 1.54) is 11.3 Å². The number of carbonyl (C=O) groups excluding carboxylic acids is 2. The van der Waals surface area contributed by atoms with Gasteiger partial charge in [-0.15, -0.1) is 11.3 Å². The average Bonchev–Trinajstić information content (AvgIpc) is 2.89. The largest absolute Gasteiger partial charge is 0.484 e. The van der Waals surface area contributed by atoms with Gasteiger partial charge in [0.15, 0.2) is 6.61 Å². The maximum Gasteiger partial charge on any atom is 0.276 e. The number of hydrogen-bond donors (Lipinski definition) is 2. The first kappa shape index (κ1) is 15.5. The maximum absolute atomic E-state index is 11.7. The monoisotopic (exact) mass is 368 g/mol. The molecule has 7 heteroatoms. The highest BCUT2D eigenvalue weighted by atomic mass is 79.9. The van der Waals surface area contributed by atoms with Gasteiger partial charge < -0.3 is 4.74 Å². The van der Waals surface area contributed by atoms with Gasteiger partial charge in [0, 0.05) is 5.38 Å². The van der Waals surface area contributed by atoms with Crippen LogP contribution in [0.2, 0.25) is 0 Å². The Morgan fingerprint density at radius 2 is 2.10 bits per heavy atom. The van der Waals surface area contributed by atoms with Gasteiger partial charge in [0.1, 0.15) is 5.75 Å². The first-order valence-corrected chi connectivity index (χ1v) is 7.74. The van der Waals surface area contributed by atoms with E-state index in [0.29, 0.717) is 11.3 Å². The van der Waals surface area contributed by atoms with E-state index < -0.39 is 5.91 Å². The fraction of sp³-hybridized carbons (Fsp3) is 0.143. The van der Waals surface area contributed by atoms with Gasteiger partial charge in [0.25, 0.3) is 11.8 Å². The highest BCUT2D eigenvalue weighted by Gasteiger charge is 2.09. The molecule has 0 saturated carbocycles. The van der Waals surface area contributed by atoms with Crippen LogP contribution in [0.4, 0.5) is 0 Å². The summed E-state index contributed by atoms with van der Waals surface area (Å²) in [5.74, 6) is -0.196. The van der Waals surface area contributed by atoms with Crippen LogP contribution in [-0.4, -0.2) is 18.4 Å². The molecular formula is C14H13BrN2O3S. The number of halogens is 1. The number of aryl methyl sites for hydroxylation is 1. The summed E-state index contributed by atoms with van der Waals surface area (Å²) in [6, 6.07) is 9.05. The zero-order valence-electron chi connectivity index (χ0n) is 11.2. The molecule has 0 fully saturated rings. The number of carbonyl (C=O) groups is 2. The molecule has 0 aliphatic carbocycles. The van der Waals surface area contributed by atoms with E-state index in [4.69, 9.17) is 4.74 Å². The second-order valence-electron chi connectivity index (χ2n) is 4.25. The first-order chi connectivity index (χ1) is 10.0. The summed E-state index contributed by atoms with van der Waals surface area (Å²) in [5.41, 5.74) is 6.15. The number of thiophene rings is 1. The summed E-state index contributed by atoms with van der Waals surface area (Å²) in [4.78, 5) is 23.3. The van der Waals surface area contributed by atoms with Crippen LogP contribution < -0.4 is 15.6 Å². The Morgan fingerprint density at radius 1 is 1.29 bits per heavy atom. The first-order valence-electron chi connectivity index (χ1n) is 6.07. The number of hydrazine groups is 1. The molecule has 2 amide bonds. The van der Waals surface area contributed by atoms with Crippen LogP contribution in [0, 0.1) is 6.92 Å². The van der Waals surface area contributed by atoms with Gasteiger partial charge in [-0.05, 0) is 46.6 Å². The molecule has 2 rings (SSSR count). The van der Waals surface area contributed by atoms with Crippen LogP contribution in [0.3, 0.4) is 0 Å². The molecule has 0 atom stereocenters. The van der Waals surface area contributed by atoms with E-state index in [9.17, 15) is 9.59 Å². The van der Waals surface area contributed by atoms with Crippen molar-refractivity contribution in [3.63, 3.8) is 0 Å². The molecule has 0 aliphatic heterocycles. The van der Waals surface area contributed by atoms with Crippen molar-refractivity contribution in [2.75, 3.05) is 6.61 Å². The van der Waals surface area contributed by atoms with Gasteiger partial charge in [-0.25, -0.2) is 0 Å². The normalized spacial score (nSPS) is 10.0. The van der Waals surface area contributed by atoms with Crippen LogP contribution >= 0.6 is 27.3 Å². The third-order valence-corrected chi connectivity index (χ3v) is 4.01. The summed E-state index contributed by atoms with van der Waals surface area (Å²) >= 11 is 4.66. The summed E-state index contributed by atoms with van der Waals surface area (Å²) in [6.07, 6.45) is 0. The molecule has 0 radical (unpaired) electrons. The lowest BCUT2D eigenvalue weighted by Gasteiger charge is -2.08. The quantitative estimate of drug-likeness (QED) is 0.815. The summed E-state index contributed by atoms with van der Waals surface area (Å²) in [7, 11) is 0. The van der Waals surface area contributed by atoms with Crippen molar-refractivity contribution < 1.29 is 14.3 Å². The highest BCUT2D eigenvalue weighted by Crippen LogP contribution is 2.20. The van der Waals surface area contributed by atoms with Crippen molar-refractivity contribution in [3.05, 3.63) is 50.6 Å². The van der Waals surface area contributed by atoms with E-state index in [0.717, 1.165) is 9.35 Å². The number of benzene rings is 1. The Bertz CT molecular complexity index is 657. The summed E-state index contributed by atoms with van der Waals surface area (Å²) in [6.45, 7) is 1.77. The smallest absolute Gasteiger partial charge is 0.276 e. The molecule has 1 aromatic heterocycles. The van der Waals surface area contributed by atoms with Crippen molar-refractivity contribution in [3.8, 4) is 5.75 Å². The second kappa shape index (κ2) is 7.24. The van der Waals surface area contributed by atoms with Crippen LogP contribution in [-0.2, 0) is 4.79 Å². The zero-order valence-corrected chi connectivity index (χ0v) is 13.6. The van der Waals surface area contributed by atoms with Crippen molar-refractivity contribution in [1.82, 2.24) is 10.9 Å². The Balaban J connectivity index is 1.76. The lowest BCUT2D eigenvalue weighted by Crippen LogP contribution is -2.43. The third-order valence-electron chi connectivity index (χ3n) is 2.50. The lowest BCUT2D eigenvalue weighted by molar-refractivity contribution is -0.123. The molecular weight excluding hydrogens is 356 g/mol. The van der Waals surface area contributed by atoms with Crippen molar-refractivity contribution in [1.29, 1.82) is 0 Å². The molecule has 0 unspecified atom stereocenters. The molecule has 0 spiro atoms. The topological polar surface area (TPSA) is 67.4 Å². The van der Waals surface area contributed by atoms with E-state index >= 15 is 0 Å². The standard InChI is InChI=1S/C14H13BrN2O3S/c1-9-3-2-4-11(5-9)20-7-13(18)16-17-14(19)10-6-12(15)21-8-10/h2-6,8H,7H2,1H3,(H,16,18)(H,17,19). The van der Waals surface area contributed by atoms with Crippen LogP contribution in [0.1, 0.15) is 15.9 Å². The molecule has 1 aromatic carbocycles. The van der Waals surface area contributed by atoms with Gasteiger partial charge in [0.2, 0.25) is 0 Å². The molecule has 21 heavy (non-hydrogen) atoms. The minimum atomic E-state index is -0.431. The molecule has 2 N–H and O–H groups in total. The van der Waals surface area contributed by atoms with E-state index in [-0.39, 0.29) is 12.5 Å². The van der Waals surface area contributed by atoms with E-state index in [1.807, 2.05) is 25.1 Å². The van der Waals surface area contributed by atoms with E-state index in [2.05, 4.69) is 26.8 Å². The predicted octanol–water partition coefficient (Wildman–Crippen LogP) is 2.66. The molecule has 5 nitrogen and oxygen atoms in total. The maximum atomic E-state index is 11.7. The SMILES string of the molecule is Cc1cccc(OCC(=O)NNC(=O)c2csc(Br)c2)c1. The zero-order chi connectivity index (χ0) is 15.2. The van der Waals surface area contributed by atoms with Gasteiger partial charge in [-0.3, -0.25) is 20.4 Å². The molecule has 0 aliphatic rings. The fourth-order valence-corrected chi connectivity index (χ4v) is 2.65. The Morgan fingerprint density at radius 3 is 2.76 bits per heavy atom. The Hall–Kier alpha value is -1.86. The average molecular weight is 369 g/mol. The second-order valence-corrected chi connectivity index (χ2v) is 6.54. The Labute approximate surface area is 134 Å². The highest BCUT2D eigenvalue weighted by molar-refractivity contribution is 9.11. The fourth-order valence-electron chi connectivity index (χ4n) is 1.52. The minimum Gasteiger partial charge on any atom is -0.484 e. The summed E-state index contributed by atoms with van der Waals surface area (Å²) < 4.78 is 6.17.